The number of rotatable bonds is 2. The SMILES string of the molecule is C=C1C=CC=CN1CCC. The summed E-state index contributed by atoms with van der Waals surface area (Å²) in [4.78, 5) is 2.15. The summed E-state index contributed by atoms with van der Waals surface area (Å²) in [5.74, 6) is 0. The van der Waals surface area contributed by atoms with E-state index in [1.165, 1.54) is 0 Å². The van der Waals surface area contributed by atoms with Gasteiger partial charge in [0, 0.05) is 18.4 Å². The first-order chi connectivity index (χ1) is 4.84. The molecule has 1 heterocycles. The Kier molecular flexibility index (Phi) is 2.32. The molecule has 54 valence electrons. The summed E-state index contributed by atoms with van der Waals surface area (Å²) in [6, 6.07) is 0. The highest BCUT2D eigenvalue weighted by atomic mass is 15.1. The Bertz CT molecular complexity index is 177. The maximum Gasteiger partial charge on any atom is 0.0333 e. The Balaban J connectivity index is 2.53. The predicted molar refractivity (Wildman–Crippen MR) is 44.4 cm³/mol. The molecule has 0 amide bonds. The molecule has 0 aliphatic carbocycles. The highest BCUT2D eigenvalue weighted by molar-refractivity contribution is 5.24. The normalized spacial score (nSPS) is 16.5. The van der Waals surface area contributed by atoms with Gasteiger partial charge in [0.05, 0.1) is 0 Å². The molecule has 0 saturated carbocycles. The van der Waals surface area contributed by atoms with E-state index in [0.717, 1.165) is 18.7 Å². The zero-order chi connectivity index (χ0) is 7.40. The van der Waals surface area contributed by atoms with E-state index in [-0.39, 0.29) is 0 Å². The summed E-state index contributed by atoms with van der Waals surface area (Å²) in [7, 11) is 0. The molecule has 1 heteroatoms. The van der Waals surface area contributed by atoms with Gasteiger partial charge in [0.1, 0.15) is 0 Å². The third-order valence-corrected chi connectivity index (χ3v) is 1.50. The molecule has 0 N–H and O–H groups in total. The van der Waals surface area contributed by atoms with Gasteiger partial charge in [0.15, 0.2) is 0 Å². The van der Waals surface area contributed by atoms with Gasteiger partial charge in [-0.05, 0) is 18.6 Å². The number of hydrogen-bond donors (Lipinski definition) is 0. The first-order valence-electron chi connectivity index (χ1n) is 3.65. The van der Waals surface area contributed by atoms with Crippen LogP contribution in [0.5, 0.6) is 0 Å². The van der Waals surface area contributed by atoms with E-state index in [1.54, 1.807) is 0 Å². The maximum absolute atomic E-state index is 3.90. The van der Waals surface area contributed by atoms with Crippen LogP contribution in [0.4, 0.5) is 0 Å². The van der Waals surface area contributed by atoms with Crippen molar-refractivity contribution < 1.29 is 0 Å². The molecule has 0 aromatic rings. The molecule has 0 aromatic carbocycles. The van der Waals surface area contributed by atoms with Crippen molar-refractivity contribution in [2.75, 3.05) is 6.54 Å². The number of hydrogen-bond acceptors (Lipinski definition) is 1. The van der Waals surface area contributed by atoms with Crippen LogP contribution in [0.25, 0.3) is 0 Å². The van der Waals surface area contributed by atoms with Gasteiger partial charge in [-0.3, -0.25) is 0 Å². The van der Waals surface area contributed by atoms with Crippen LogP contribution in [-0.4, -0.2) is 11.4 Å². The van der Waals surface area contributed by atoms with Crippen LogP contribution in [0, 0.1) is 0 Å². The smallest absolute Gasteiger partial charge is 0.0333 e. The molecule has 0 aromatic heterocycles. The second-order valence-electron chi connectivity index (χ2n) is 2.39. The summed E-state index contributed by atoms with van der Waals surface area (Å²) in [6.45, 7) is 7.14. The van der Waals surface area contributed by atoms with Gasteiger partial charge in [-0.2, -0.15) is 0 Å². The largest absolute Gasteiger partial charge is 0.348 e. The van der Waals surface area contributed by atoms with Gasteiger partial charge >= 0.3 is 0 Å². The molecule has 10 heavy (non-hydrogen) atoms. The molecule has 1 rings (SSSR count). The van der Waals surface area contributed by atoms with E-state index in [1.807, 2.05) is 18.2 Å². The van der Waals surface area contributed by atoms with Gasteiger partial charge in [-0.15, -0.1) is 0 Å². The van der Waals surface area contributed by atoms with Gasteiger partial charge < -0.3 is 4.90 Å². The van der Waals surface area contributed by atoms with E-state index in [9.17, 15) is 0 Å². The standard InChI is InChI=1S/C9H13N/c1-3-7-10-8-5-4-6-9(10)2/h4-6,8H,2-3,7H2,1H3. The van der Waals surface area contributed by atoms with Crippen molar-refractivity contribution in [2.45, 2.75) is 13.3 Å². The zero-order valence-electron chi connectivity index (χ0n) is 6.38. The lowest BCUT2D eigenvalue weighted by atomic mass is 10.3. The topological polar surface area (TPSA) is 3.24 Å². The predicted octanol–water partition coefficient (Wildman–Crippen LogP) is 2.30. The third-order valence-electron chi connectivity index (χ3n) is 1.50. The fourth-order valence-electron chi connectivity index (χ4n) is 0.971. The highest BCUT2D eigenvalue weighted by Crippen LogP contribution is 2.09. The van der Waals surface area contributed by atoms with Crippen molar-refractivity contribution in [3.63, 3.8) is 0 Å². The number of nitrogens with zero attached hydrogens (tertiary/aromatic N) is 1. The second-order valence-corrected chi connectivity index (χ2v) is 2.39. The van der Waals surface area contributed by atoms with E-state index < -0.39 is 0 Å². The minimum atomic E-state index is 1.07. The Morgan fingerprint density at radius 3 is 2.90 bits per heavy atom. The molecular formula is C9H13N. The molecule has 1 nitrogen and oxygen atoms in total. The lowest BCUT2D eigenvalue weighted by Gasteiger charge is -2.21. The van der Waals surface area contributed by atoms with Crippen LogP contribution < -0.4 is 0 Å². The van der Waals surface area contributed by atoms with Crippen molar-refractivity contribution in [1.82, 2.24) is 4.90 Å². The van der Waals surface area contributed by atoms with Gasteiger partial charge in [-0.25, -0.2) is 0 Å². The van der Waals surface area contributed by atoms with Crippen LogP contribution in [-0.2, 0) is 0 Å². The van der Waals surface area contributed by atoms with Gasteiger partial charge in [0.25, 0.3) is 0 Å². The highest BCUT2D eigenvalue weighted by Gasteiger charge is 2.00. The molecule has 0 bridgehead atoms. The molecule has 0 radical (unpaired) electrons. The molecule has 0 unspecified atom stereocenters. The lowest BCUT2D eigenvalue weighted by Crippen LogP contribution is -2.16. The average Bonchev–Trinajstić information content (AvgIpc) is 1.94. The van der Waals surface area contributed by atoms with Crippen molar-refractivity contribution >= 4 is 0 Å². The maximum atomic E-state index is 3.90. The van der Waals surface area contributed by atoms with Crippen molar-refractivity contribution in [1.29, 1.82) is 0 Å². The van der Waals surface area contributed by atoms with Crippen molar-refractivity contribution in [3.05, 3.63) is 36.7 Å². The van der Waals surface area contributed by atoms with Crippen LogP contribution in [0.15, 0.2) is 36.7 Å². The molecule has 1 aliphatic rings. The van der Waals surface area contributed by atoms with E-state index >= 15 is 0 Å². The molecule has 0 atom stereocenters. The van der Waals surface area contributed by atoms with Crippen LogP contribution >= 0.6 is 0 Å². The first kappa shape index (κ1) is 7.13. The van der Waals surface area contributed by atoms with Crippen molar-refractivity contribution in [2.24, 2.45) is 0 Å². The fraction of sp³-hybridized carbons (Fsp3) is 0.333. The summed E-state index contributed by atoms with van der Waals surface area (Å²) >= 11 is 0. The molecule has 1 aliphatic heterocycles. The Morgan fingerprint density at radius 1 is 1.50 bits per heavy atom. The van der Waals surface area contributed by atoms with E-state index in [4.69, 9.17) is 0 Å². The van der Waals surface area contributed by atoms with Crippen molar-refractivity contribution in [3.8, 4) is 0 Å². The van der Waals surface area contributed by atoms with Crippen LogP contribution in [0.2, 0.25) is 0 Å². The van der Waals surface area contributed by atoms with Gasteiger partial charge in [-0.1, -0.05) is 19.6 Å². The Morgan fingerprint density at radius 2 is 2.30 bits per heavy atom. The quantitative estimate of drug-likeness (QED) is 0.561. The first-order valence-corrected chi connectivity index (χ1v) is 3.65. The third kappa shape index (κ3) is 1.50. The van der Waals surface area contributed by atoms with Crippen LogP contribution in [0.1, 0.15) is 13.3 Å². The second kappa shape index (κ2) is 3.25. The summed E-state index contributed by atoms with van der Waals surface area (Å²) < 4.78 is 0. The Labute approximate surface area is 62.3 Å². The Hall–Kier alpha value is -0.980. The van der Waals surface area contributed by atoms with Gasteiger partial charge in [0.2, 0.25) is 0 Å². The summed E-state index contributed by atoms with van der Waals surface area (Å²) in [5, 5.41) is 0. The minimum Gasteiger partial charge on any atom is -0.348 e. The molecular weight excluding hydrogens is 122 g/mol. The minimum absolute atomic E-state index is 1.07. The molecule has 0 spiro atoms. The zero-order valence-corrected chi connectivity index (χ0v) is 6.38. The average molecular weight is 135 g/mol. The lowest BCUT2D eigenvalue weighted by molar-refractivity contribution is 0.474. The summed E-state index contributed by atoms with van der Waals surface area (Å²) in [5.41, 5.74) is 1.09. The van der Waals surface area contributed by atoms with E-state index in [0.29, 0.717) is 0 Å². The molecule has 0 fully saturated rings. The summed E-state index contributed by atoms with van der Waals surface area (Å²) in [6.07, 6.45) is 9.29. The number of allylic oxidation sites excluding steroid dienone is 3. The van der Waals surface area contributed by atoms with Crippen LogP contribution in [0.3, 0.4) is 0 Å². The molecule has 0 saturated heterocycles. The monoisotopic (exact) mass is 135 g/mol. The van der Waals surface area contributed by atoms with E-state index in [2.05, 4.69) is 24.6 Å². The fourth-order valence-corrected chi connectivity index (χ4v) is 0.971.